The lowest BCUT2D eigenvalue weighted by molar-refractivity contribution is 0.603. The summed E-state index contributed by atoms with van der Waals surface area (Å²) in [4.78, 5) is 14.2. The number of rotatable bonds is 5. The van der Waals surface area contributed by atoms with E-state index in [0.717, 1.165) is 50.6 Å². The maximum atomic E-state index is 4.83. The average molecular weight is 468 g/mol. The van der Waals surface area contributed by atoms with E-state index in [4.69, 9.17) is 9.97 Å². The first-order chi connectivity index (χ1) is 17.7. The first-order valence-corrected chi connectivity index (χ1v) is 11.9. The second kappa shape index (κ2) is 9.12. The van der Waals surface area contributed by atoms with Gasteiger partial charge in [0.25, 0.3) is 0 Å². The third kappa shape index (κ3) is 3.81. The predicted octanol–water partition coefficient (Wildman–Crippen LogP) is 6.19. The number of benzene rings is 2. The molecule has 0 aromatic heterocycles. The van der Waals surface area contributed by atoms with Crippen LogP contribution in [0, 0.1) is 0 Å². The molecule has 5 heteroatoms. The molecule has 5 nitrogen and oxygen atoms in total. The van der Waals surface area contributed by atoms with Crippen molar-refractivity contribution in [1.29, 1.82) is 0 Å². The molecule has 0 saturated carbocycles. The quantitative estimate of drug-likeness (QED) is 0.366. The van der Waals surface area contributed by atoms with E-state index in [1.165, 1.54) is 11.1 Å². The van der Waals surface area contributed by atoms with Crippen LogP contribution in [0.25, 0.3) is 47.3 Å². The highest BCUT2D eigenvalue weighted by molar-refractivity contribution is 5.92. The van der Waals surface area contributed by atoms with Gasteiger partial charge in [0.2, 0.25) is 0 Å². The van der Waals surface area contributed by atoms with E-state index < -0.39 is 0 Å². The Morgan fingerprint density at radius 2 is 1.61 bits per heavy atom. The summed E-state index contributed by atoms with van der Waals surface area (Å²) in [6.07, 6.45) is 20.2. The molecule has 2 N–H and O–H groups in total. The number of nitrogens with one attached hydrogen (secondary N) is 2. The van der Waals surface area contributed by atoms with Crippen LogP contribution in [0.5, 0.6) is 0 Å². The van der Waals surface area contributed by atoms with Crippen LogP contribution in [-0.4, -0.2) is 15.0 Å². The minimum atomic E-state index is 0.0945. The molecule has 0 radical (unpaired) electrons. The summed E-state index contributed by atoms with van der Waals surface area (Å²) >= 11 is 0. The van der Waals surface area contributed by atoms with Crippen LogP contribution in [0.3, 0.4) is 0 Å². The molecule has 4 heterocycles. The molecule has 1 unspecified atom stereocenters. The topological polar surface area (TPSA) is 62.7 Å². The van der Waals surface area contributed by atoms with Crippen LogP contribution in [0.15, 0.2) is 80.5 Å². The molecule has 4 aliphatic rings. The average Bonchev–Trinajstić information content (AvgIpc) is 3.18. The zero-order valence-electron chi connectivity index (χ0n) is 19.8. The summed E-state index contributed by atoms with van der Waals surface area (Å²) in [7, 11) is 0. The predicted molar refractivity (Wildman–Crippen MR) is 148 cm³/mol. The van der Waals surface area contributed by atoms with E-state index in [9.17, 15) is 0 Å². The van der Waals surface area contributed by atoms with E-state index in [2.05, 4.69) is 71.3 Å². The van der Waals surface area contributed by atoms with Gasteiger partial charge in [0.15, 0.2) is 0 Å². The van der Waals surface area contributed by atoms with Gasteiger partial charge in [-0.2, -0.15) is 0 Å². The maximum Gasteiger partial charge on any atom is 0.0990 e. The monoisotopic (exact) mass is 467 g/mol. The molecular weight excluding hydrogens is 442 g/mol. The maximum absolute atomic E-state index is 4.83. The van der Waals surface area contributed by atoms with E-state index in [-0.39, 0.29) is 6.04 Å². The lowest BCUT2D eigenvalue weighted by Gasteiger charge is -2.25. The molecule has 2 aromatic rings. The number of hydrogen-bond acceptors (Lipinski definition) is 5. The largest absolute Gasteiger partial charge is 0.384 e. The van der Waals surface area contributed by atoms with Gasteiger partial charge >= 0.3 is 0 Å². The van der Waals surface area contributed by atoms with Crippen LogP contribution in [0.4, 0.5) is 0 Å². The molecule has 1 atom stereocenters. The zero-order valence-corrected chi connectivity index (χ0v) is 19.8. The third-order valence-corrected chi connectivity index (χ3v) is 6.69. The second-order valence-corrected chi connectivity index (χ2v) is 8.82. The second-order valence-electron chi connectivity index (χ2n) is 8.82. The molecule has 0 amide bonds. The van der Waals surface area contributed by atoms with E-state index in [1.54, 1.807) is 0 Å². The SMILES string of the molecule is C=Cc1cccc2c1/C(=C\c1ncc3cnc(CC4NC=Cc5cccc(C=C)c54)cnc1-3)NC=C2. The summed E-state index contributed by atoms with van der Waals surface area (Å²) < 4.78 is 0. The van der Waals surface area contributed by atoms with Gasteiger partial charge in [-0.15, -0.1) is 0 Å². The van der Waals surface area contributed by atoms with Crippen molar-refractivity contribution in [2.75, 3.05) is 0 Å². The van der Waals surface area contributed by atoms with Crippen molar-refractivity contribution in [3.8, 4) is 11.3 Å². The van der Waals surface area contributed by atoms with Gasteiger partial charge in [-0.3, -0.25) is 15.0 Å². The molecule has 0 spiro atoms. The number of nitrogens with zero attached hydrogens (tertiary/aromatic N) is 3. The summed E-state index contributed by atoms with van der Waals surface area (Å²) in [5.74, 6) is 0. The minimum absolute atomic E-state index is 0.0945. The number of fused-ring (bicyclic) bond motifs is 3. The molecule has 36 heavy (non-hydrogen) atoms. The van der Waals surface area contributed by atoms with E-state index in [1.807, 2.05) is 55.3 Å². The standard InChI is InChI=1S/C31H25N5/c1-3-20-7-5-9-22-11-13-32-26(29(20)22)15-25-19-36-31-24(17-34-25)18-35-28(31)16-27-30-21(4-2)8-6-10-23(30)12-14-33-27/h3-14,16-19,26,32-33H,1-2,15H2/b27-16+. The fraction of sp³-hybridized carbons (Fsp3) is 0.0645. The van der Waals surface area contributed by atoms with Gasteiger partial charge in [-0.1, -0.05) is 61.7 Å². The van der Waals surface area contributed by atoms with Crippen LogP contribution in [0.2, 0.25) is 0 Å². The van der Waals surface area contributed by atoms with Gasteiger partial charge in [0, 0.05) is 48.0 Å². The van der Waals surface area contributed by atoms with Crippen molar-refractivity contribution in [2.24, 2.45) is 0 Å². The lowest BCUT2D eigenvalue weighted by atomic mass is 9.90. The Kier molecular flexibility index (Phi) is 5.51. The van der Waals surface area contributed by atoms with Crippen LogP contribution >= 0.6 is 0 Å². The molecule has 0 fully saturated rings. The molecule has 174 valence electrons. The molecule has 0 bridgehead atoms. The van der Waals surface area contributed by atoms with Crippen molar-refractivity contribution >= 4 is 36.1 Å². The van der Waals surface area contributed by atoms with Crippen molar-refractivity contribution in [3.63, 3.8) is 0 Å². The van der Waals surface area contributed by atoms with Crippen LogP contribution in [0.1, 0.15) is 50.8 Å². The summed E-state index contributed by atoms with van der Waals surface area (Å²) in [5, 5.41) is 6.86. The Morgan fingerprint density at radius 1 is 0.833 bits per heavy atom. The molecule has 0 saturated heterocycles. The zero-order chi connectivity index (χ0) is 24.5. The Morgan fingerprint density at radius 3 is 2.47 bits per heavy atom. The number of aromatic nitrogens is 3. The van der Waals surface area contributed by atoms with Gasteiger partial charge < -0.3 is 10.6 Å². The summed E-state index contributed by atoms with van der Waals surface area (Å²) in [5.41, 5.74) is 11.3. The van der Waals surface area contributed by atoms with E-state index in [0.29, 0.717) is 6.42 Å². The van der Waals surface area contributed by atoms with Crippen molar-refractivity contribution in [3.05, 3.63) is 125 Å². The Bertz CT molecular complexity index is 1560. The summed E-state index contributed by atoms with van der Waals surface area (Å²) in [6, 6.07) is 12.6. The highest BCUT2D eigenvalue weighted by atomic mass is 14.9. The highest BCUT2D eigenvalue weighted by Crippen LogP contribution is 2.32. The van der Waals surface area contributed by atoms with Crippen LogP contribution in [-0.2, 0) is 6.42 Å². The smallest absolute Gasteiger partial charge is 0.0990 e. The molecular formula is C31H25N5. The molecule has 2 aromatic carbocycles. The van der Waals surface area contributed by atoms with Gasteiger partial charge in [-0.25, -0.2) is 0 Å². The van der Waals surface area contributed by atoms with Gasteiger partial charge in [-0.05, 0) is 52.2 Å². The first-order valence-electron chi connectivity index (χ1n) is 11.9. The van der Waals surface area contributed by atoms with Crippen LogP contribution < -0.4 is 10.6 Å². The Labute approximate surface area is 210 Å². The lowest BCUT2D eigenvalue weighted by Crippen LogP contribution is -2.23. The summed E-state index contributed by atoms with van der Waals surface area (Å²) in [6.45, 7) is 7.98. The minimum Gasteiger partial charge on any atom is -0.384 e. The first kappa shape index (κ1) is 21.7. The molecule has 0 aliphatic carbocycles. The van der Waals surface area contributed by atoms with Gasteiger partial charge in [0.05, 0.1) is 23.1 Å². The van der Waals surface area contributed by atoms with Crippen molar-refractivity contribution < 1.29 is 0 Å². The highest BCUT2D eigenvalue weighted by Gasteiger charge is 2.21. The number of hydrogen-bond donors (Lipinski definition) is 2. The van der Waals surface area contributed by atoms with E-state index >= 15 is 0 Å². The van der Waals surface area contributed by atoms with Crippen molar-refractivity contribution in [2.45, 2.75) is 12.5 Å². The Hall–Kier alpha value is -4.77. The van der Waals surface area contributed by atoms with Crippen molar-refractivity contribution in [1.82, 2.24) is 25.6 Å². The molecule has 6 rings (SSSR count). The fourth-order valence-corrected chi connectivity index (χ4v) is 4.97. The fourth-order valence-electron chi connectivity index (χ4n) is 4.97. The third-order valence-electron chi connectivity index (χ3n) is 6.69. The molecule has 4 aliphatic heterocycles. The normalized spacial score (nSPS) is 16.7. The Balaban J connectivity index is 1.35. The van der Waals surface area contributed by atoms with Gasteiger partial charge in [0.1, 0.15) is 0 Å².